The van der Waals surface area contributed by atoms with Gasteiger partial charge in [-0.1, -0.05) is 204 Å². The molecule has 0 radical (unpaired) electrons. The number of H-pyrrole nitrogens is 2. The zero-order valence-electron chi connectivity index (χ0n) is 63.6. The highest BCUT2D eigenvalue weighted by Gasteiger charge is 2.37. The average Bonchev–Trinajstić information content (AvgIpc) is 1.53. The molecule has 0 saturated heterocycles. The Balaban J connectivity index is 1.19. The van der Waals surface area contributed by atoms with Crippen LogP contribution in [0, 0.1) is 0 Å². The van der Waals surface area contributed by atoms with Gasteiger partial charge in [-0.2, -0.15) is 0 Å². The van der Waals surface area contributed by atoms with Gasteiger partial charge in [-0.15, -0.1) is 0 Å². The van der Waals surface area contributed by atoms with Crippen molar-refractivity contribution in [2.45, 2.75) is 158 Å². The molecule has 0 aliphatic carbocycles. The smallest absolute Gasteiger partial charge is 0.168 e. The lowest BCUT2D eigenvalue weighted by atomic mass is 9.95. The molecule has 0 spiro atoms. The zero-order valence-corrected chi connectivity index (χ0v) is 63.6. The van der Waals surface area contributed by atoms with E-state index in [9.17, 15) is 0 Å². The maximum absolute atomic E-state index is 7.38. The van der Waals surface area contributed by atoms with Gasteiger partial charge in [0, 0.05) is 43.1 Å². The van der Waals surface area contributed by atoms with Gasteiger partial charge in [0.2, 0.25) is 0 Å². The highest BCUT2D eigenvalue weighted by atomic mass is 16.5. The number of ether oxygens (including phenoxy) is 8. The van der Waals surface area contributed by atoms with Crippen LogP contribution < -0.4 is 37.9 Å². The summed E-state index contributed by atoms with van der Waals surface area (Å²) in [5.74, 6) is 6.36. The van der Waals surface area contributed by atoms with Gasteiger partial charge in [-0.3, -0.25) is 0 Å². The Morgan fingerprint density at radius 1 is 0.222 bits per heavy atom. The molecule has 2 N–H and O–H groups in total. The summed E-state index contributed by atoms with van der Waals surface area (Å²) in [5, 5.41) is 15.9. The molecule has 2 aliphatic rings. The van der Waals surface area contributed by atoms with Crippen LogP contribution in [0.15, 0.2) is 133 Å². The number of aromatic amines is 2. The molecule has 14 aromatic rings. The first-order valence-electron chi connectivity index (χ1n) is 39.8. The van der Waals surface area contributed by atoms with E-state index in [1.165, 1.54) is 0 Å². The number of hydrogen-bond donors (Lipinski definition) is 2. The van der Waals surface area contributed by atoms with Gasteiger partial charge in [0.05, 0.1) is 96.7 Å². The van der Waals surface area contributed by atoms with Gasteiger partial charge in [0.25, 0.3) is 0 Å². The molecule has 0 amide bonds. The predicted molar refractivity (Wildman–Crippen MR) is 442 cm³/mol. The fourth-order valence-corrected chi connectivity index (χ4v) is 15.2. The highest BCUT2D eigenvalue weighted by Crippen LogP contribution is 2.57. The molecule has 0 fully saturated rings. The van der Waals surface area contributed by atoms with E-state index in [-0.39, 0.29) is 0 Å². The fourth-order valence-electron chi connectivity index (χ4n) is 15.2. The molecule has 8 bridgehead atoms. The van der Waals surface area contributed by atoms with Gasteiger partial charge in [-0.25, -0.2) is 29.9 Å². The number of nitrogens with one attached hydrogen (secondary N) is 2. The minimum absolute atomic E-state index is 0.339. The summed E-state index contributed by atoms with van der Waals surface area (Å²) in [6.07, 6.45) is 13.7. The van der Waals surface area contributed by atoms with Crippen LogP contribution in [-0.2, 0) is 0 Å². The van der Waals surface area contributed by atoms with Crippen LogP contribution in [0.3, 0.4) is 0 Å². The quantitative estimate of drug-likeness (QED) is 0.0300. The van der Waals surface area contributed by atoms with Gasteiger partial charge in [0.1, 0.15) is 68.6 Å². The summed E-state index contributed by atoms with van der Waals surface area (Å²) in [5.41, 5.74) is 4.25. The van der Waals surface area contributed by atoms with Crippen molar-refractivity contribution >= 4 is 120 Å². The van der Waals surface area contributed by atoms with Crippen LogP contribution in [0.25, 0.3) is 165 Å². The summed E-state index contributed by atoms with van der Waals surface area (Å²) >= 11 is 0. The third kappa shape index (κ3) is 13.1. The normalized spacial score (nSPS) is 12.0. The van der Waals surface area contributed by atoms with E-state index in [0.29, 0.717) is 189 Å². The van der Waals surface area contributed by atoms with Gasteiger partial charge >= 0.3 is 0 Å². The molecule has 552 valence electrons. The van der Waals surface area contributed by atoms with E-state index < -0.39 is 0 Å². The third-order valence-electron chi connectivity index (χ3n) is 20.9. The summed E-state index contributed by atoms with van der Waals surface area (Å²) in [4.78, 5) is 43.5. The second-order valence-corrected chi connectivity index (χ2v) is 28.6. The van der Waals surface area contributed by atoms with Crippen LogP contribution >= 0.6 is 0 Å². The standard InChI is InChI=1S/C92H96N8O8/c1-9-17-41-101-77-61-39-31-32-40-62(61)78(102-42-18-10-2)70-69(77)85-93-86(70)95-88-72-74(82(106-46-22-14-6)66-52-58-36-28-26-34-56(58)50-64(66)80(72)104-44-20-12-4)90(97-88)99-92-76-75(83(107-47-23-15-7)67-53-59-37-29-30-38-60(59)54-68(67)84(76)108-48-24-16-8)91(100-92)98-89-73-71(87(94-85)96-89)79(103-43-19-11-3)63-49-55-33-25-27-35-57(55)51-65(63)81(73)105-45-21-13-5/h25-40,49-54H,9-24,41-48H2,1-8H3,(H2,93,94,95,96,97,98,99,100). The van der Waals surface area contributed by atoms with E-state index in [2.05, 4.69) is 199 Å². The SMILES string of the molecule is CCCCOc1c2c(c(OCCCC)c3cc4ccccc4cc13)-c1nc-2nc2[nH]c(nc3nc(nc4[nH]c(n1)c1c(OCCCC)c5cc6ccccc6cc5c(OCCCC)c41)-c1c-3c(OCCCC)c3cc4ccccc4cc3c1OCCCC)c1c(OCCCC)c3ccccc3c(OCCCC)c21. The summed E-state index contributed by atoms with van der Waals surface area (Å²) in [6, 6.07) is 47.1. The number of hydrogen-bond acceptors (Lipinski definition) is 14. The first-order chi connectivity index (χ1) is 53.3. The van der Waals surface area contributed by atoms with Crippen molar-refractivity contribution in [3.05, 3.63) is 133 Å². The van der Waals surface area contributed by atoms with Crippen LogP contribution in [0.1, 0.15) is 158 Å². The Morgan fingerprint density at radius 2 is 0.407 bits per heavy atom. The van der Waals surface area contributed by atoms with Crippen molar-refractivity contribution in [3.63, 3.8) is 0 Å². The van der Waals surface area contributed by atoms with Crippen LogP contribution in [-0.4, -0.2) is 92.7 Å². The number of unbranched alkanes of at least 4 members (excludes halogenated alkanes) is 8. The lowest BCUT2D eigenvalue weighted by Crippen LogP contribution is -2.04. The average molecular weight is 1440 g/mol. The van der Waals surface area contributed by atoms with E-state index in [1.807, 2.05) is 0 Å². The fraction of sp³-hybridized carbons (Fsp3) is 0.348. The second kappa shape index (κ2) is 31.8. The second-order valence-electron chi connectivity index (χ2n) is 28.6. The Bertz CT molecular complexity index is 5590. The van der Waals surface area contributed by atoms with Crippen molar-refractivity contribution in [1.29, 1.82) is 0 Å². The Morgan fingerprint density at radius 3 is 0.620 bits per heavy atom. The summed E-state index contributed by atoms with van der Waals surface area (Å²) < 4.78 is 58.7. The van der Waals surface area contributed by atoms with E-state index in [4.69, 9.17) is 67.8 Å². The topological polar surface area (TPSA) is 183 Å². The number of rotatable bonds is 32. The molecule has 11 aromatic carbocycles. The van der Waals surface area contributed by atoms with Gasteiger partial charge in [0.15, 0.2) is 23.3 Å². The Hall–Kier alpha value is -11.0. The molecule has 16 nitrogen and oxygen atoms in total. The Labute approximate surface area is 629 Å². The molecule has 0 saturated carbocycles. The largest absolute Gasteiger partial charge is 0.492 e. The van der Waals surface area contributed by atoms with Gasteiger partial charge < -0.3 is 47.9 Å². The lowest BCUT2D eigenvalue weighted by molar-refractivity contribution is 0.308. The van der Waals surface area contributed by atoms with E-state index >= 15 is 0 Å². The summed E-state index contributed by atoms with van der Waals surface area (Å²) in [7, 11) is 0. The third-order valence-corrected chi connectivity index (χ3v) is 20.9. The first-order valence-corrected chi connectivity index (χ1v) is 39.8. The molecule has 2 aliphatic heterocycles. The van der Waals surface area contributed by atoms with Crippen molar-refractivity contribution < 1.29 is 37.9 Å². The molecule has 3 aromatic heterocycles. The molecule has 108 heavy (non-hydrogen) atoms. The van der Waals surface area contributed by atoms with Crippen molar-refractivity contribution in [2.75, 3.05) is 52.9 Å². The molecular weight excluding hydrogens is 1350 g/mol. The molecular formula is C92H96N8O8. The van der Waals surface area contributed by atoms with E-state index in [0.717, 1.165) is 178 Å². The monoisotopic (exact) mass is 1440 g/mol. The first kappa shape index (κ1) is 71.3. The zero-order chi connectivity index (χ0) is 73.8. The van der Waals surface area contributed by atoms with Crippen LogP contribution in [0.5, 0.6) is 46.0 Å². The maximum Gasteiger partial charge on any atom is 0.168 e. The Kier molecular flexibility index (Phi) is 21.0. The summed E-state index contributed by atoms with van der Waals surface area (Å²) in [6.45, 7) is 20.9. The molecule has 0 atom stereocenters. The number of aromatic nitrogens is 8. The highest BCUT2D eigenvalue weighted by molar-refractivity contribution is 6.24. The number of fused-ring (bicyclic) bond motifs is 27. The lowest BCUT2D eigenvalue weighted by Gasteiger charge is -2.19. The number of benzene rings is 11. The molecule has 16 rings (SSSR count). The maximum atomic E-state index is 7.38. The molecule has 0 unspecified atom stereocenters. The molecule has 16 heteroatoms. The van der Waals surface area contributed by atoms with Crippen molar-refractivity contribution in [1.82, 2.24) is 39.9 Å². The van der Waals surface area contributed by atoms with Crippen LogP contribution in [0.4, 0.5) is 0 Å². The predicted octanol–water partition coefficient (Wildman–Crippen LogP) is 24.4. The van der Waals surface area contributed by atoms with Crippen LogP contribution in [0.2, 0.25) is 0 Å². The number of nitrogens with zero attached hydrogens (tertiary/aromatic N) is 6. The van der Waals surface area contributed by atoms with E-state index in [1.54, 1.807) is 0 Å². The minimum atomic E-state index is 0.339. The van der Waals surface area contributed by atoms with Crippen molar-refractivity contribution in [3.8, 4) is 91.5 Å². The van der Waals surface area contributed by atoms with Crippen molar-refractivity contribution in [2.24, 2.45) is 0 Å². The van der Waals surface area contributed by atoms with Gasteiger partial charge in [-0.05, 0) is 120 Å². The molecule has 5 heterocycles. The minimum Gasteiger partial charge on any atom is -0.492 e.